The number of anilines is 2. The third-order valence-corrected chi connectivity index (χ3v) is 6.42. The zero-order valence-electron chi connectivity index (χ0n) is 18.5. The molecule has 2 aromatic heterocycles. The Balaban J connectivity index is 1.40. The van der Waals surface area contributed by atoms with Crippen molar-refractivity contribution < 1.29 is 19.1 Å². The van der Waals surface area contributed by atoms with Crippen LogP contribution in [0.5, 0.6) is 11.5 Å². The van der Waals surface area contributed by atoms with E-state index >= 15 is 0 Å². The van der Waals surface area contributed by atoms with Gasteiger partial charge in [0.2, 0.25) is 5.91 Å². The average Bonchev–Trinajstić information content (AvgIpc) is 3.37. The van der Waals surface area contributed by atoms with Crippen LogP contribution in [0.3, 0.4) is 0 Å². The predicted octanol–water partition coefficient (Wildman–Crippen LogP) is 4.90. The topological polar surface area (TPSA) is 93.7 Å². The summed E-state index contributed by atoms with van der Waals surface area (Å²) in [5.74, 6) is 0.256. The minimum absolute atomic E-state index is 0.152. The van der Waals surface area contributed by atoms with Crippen LogP contribution in [0.25, 0.3) is 22.0 Å². The minimum atomic E-state index is -0.400. The van der Waals surface area contributed by atoms with Gasteiger partial charge in [-0.1, -0.05) is 17.7 Å². The molecule has 0 aliphatic carbocycles. The van der Waals surface area contributed by atoms with Crippen LogP contribution in [0, 0.1) is 0 Å². The van der Waals surface area contributed by atoms with Crippen LogP contribution in [-0.4, -0.2) is 42.0 Å². The molecule has 0 radical (unpaired) electrons. The smallest absolute Gasteiger partial charge is 0.265 e. The minimum Gasteiger partial charge on any atom is -0.495 e. The lowest BCUT2D eigenvalue weighted by molar-refractivity contribution is -0.123. The Bertz CT molecular complexity index is 1410. The summed E-state index contributed by atoms with van der Waals surface area (Å²) in [5.41, 5.74) is 3.24. The van der Waals surface area contributed by atoms with E-state index in [2.05, 4.69) is 10.3 Å². The highest BCUT2D eigenvalue weighted by molar-refractivity contribution is 7.13. The summed E-state index contributed by atoms with van der Waals surface area (Å²) in [4.78, 5) is 36.0. The summed E-state index contributed by atoms with van der Waals surface area (Å²) in [5, 5.41) is 5.94. The second-order valence-electron chi connectivity index (χ2n) is 7.60. The van der Waals surface area contributed by atoms with Crippen LogP contribution in [0.4, 0.5) is 11.4 Å². The Labute approximate surface area is 210 Å². The molecule has 0 unspecified atom stereocenters. The van der Waals surface area contributed by atoms with E-state index in [0.29, 0.717) is 27.9 Å². The highest BCUT2D eigenvalue weighted by Gasteiger charge is 2.28. The fourth-order valence-electron chi connectivity index (χ4n) is 3.66. The van der Waals surface area contributed by atoms with Crippen LogP contribution in [-0.2, 0) is 9.59 Å². The molecular formula is C25H19ClN4O4S. The Morgan fingerprint density at radius 2 is 2.09 bits per heavy atom. The quantitative estimate of drug-likeness (QED) is 0.400. The number of nitrogens with zero attached hydrogens (tertiary/aromatic N) is 3. The Morgan fingerprint density at radius 1 is 1.20 bits per heavy atom. The van der Waals surface area contributed by atoms with Crippen LogP contribution in [0.1, 0.15) is 0 Å². The second-order valence-corrected chi connectivity index (χ2v) is 8.89. The molecule has 0 saturated carbocycles. The standard InChI is InChI=1S/C25H19ClN4O4S/c1-33-21-8-6-16(26)11-18(21)28-23(31)12-30-20-10-15(5-7-22(20)34-13-24(30)32)19-14-35-25(29-19)17-4-2-3-9-27-17/h2-11,14H,12-13H2,1H3,(H,28,31). The summed E-state index contributed by atoms with van der Waals surface area (Å²) < 4.78 is 10.9. The van der Waals surface area contributed by atoms with Gasteiger partial charge in [0, 0.05) is 22.2 Å². The van der Waals surface area contributed by atoms with E-state index in [9.17, 15) is 9.59 Å². The number of methoxy groups -OCH3 is 1. The SMILES string of the molecule is COc1ccc(Cl)cc1NC(=O)CN1C(=O)COc2ccc(-c3csc(-c4ccccn4)n3)cc21. The molecule has 3 heterocycles. The number of hydrogen-bond acceptors (Lipinski definition) is 7. The number of thiazole rings is 1. The van der Waals surface area contributed by atoms with Gasteiger partial charge in [-0.3, -0.25) is 19.5 Å². The zero-order chi connectivity index (χ0) is 24.4. The molecule has 2 aromatic carbocycles. The van der Waals surface area contributed by atoms with Crippen molar-refractivity contribution in [2.75, 3.05) is 30.5 Å². The van der Waals surface area contributed by atoms with Crippen molar-refractivity contribution in [1.29, 1.82) is 0 Å². The van der Waals surface area contributed by atoms with Crippen molar-refractivity contribution in [1.82, 2.24) is 9.97 Å². The Hall–Kier alpha value is -3.95. The summed E-state index contributed by atoms with van der Waals surface area (Å²) in [6.45, 7) is -0.356. The predicted molar refractivity (Wildman–Crippen MR) is 135 cm³/mol. The maximum Gasteiger partial charge on any atom is 0.265 e. The van der Waals surface area contributed by atoms with Gasteiger partial charge in [0.05, 0.1) is 29.9 Å². The molecule has 10 heteroatoms. The van der Waals surface area contributed by atoms with E-state index in [0.717, 1.165) is 22.0 Å². The summed E-state index contributed by atoms with van der Waals surface area (Å²) in [6.07, 6.45) is 1.72. The number of hydrogen-bond donors (Lipinski definition) is 1. The van der Waals surface area contributed by atoms with Gasteiger partial charge in [-0.15, -0.1) is 11.3 Å². The lowest BCUT2D eigenvalue weighted by atomic mass is 10.1. The van der Waals surface area contributed by atoms with Crippen molar-refractivity contribution in [3.05, 3.63) is 71.2 Å². The molecule has 0 fully saturated rings. The van der Waals surface area contributed by atoms with Gasteiger partial charge in [-0.2, -0.15) is 0 Å². The fourth-order valence-corrected chi connectivity index (χ4v) is 4.64. The van der Waals surface area contributed by atoms with E-state index in [4.69, 9.17) is 26.1 Å². The molecule has 35 heavy (non-hydrogen) atoms. The largest absolute Gasteiger partial charge is 0.495 e. The molecule has 5 rings (SSSR count). The maximum atomic E-state index is 12.9. The molecule has 0 atom stereocenters. The molecule has 1 aliphatic rings. The first-order chi connectivity index (χ1) is 17.0. The number of carbonyl (C=O) groups is 2. The molecule has 0 spiro atoms. The number of rotatable bonds is 6. The monoisotopic (exact) mass is 506 g/mol. The van der Waals surface area contributed by atoms with Crippen molar-refractivity contribution in [2.24, 2.45) is 0 Å². The summed E-state index contributed by atoms with van der Waals surface area (Å²) >= 11 is 7.54. The number of halogens is 1. The number of nitrogens with one attached hydrogen (secondary N) is 1. The molecule has 8 nitrogen and oxygen atoms in total. The molecule has 0 bridgehead atoms. The van der Waals surface area contributed by atoms with Crippen molar-refractivity contribution in [2.45, 2.75) is 0 Å². The number of fused-ring (bicyclic) bond motifs is 1. The second kappa shape index (κ2) is 9.73. The highest BCUT2D eigenvalue weighted by atomic mass is 35.5. The third-order valence-electron chi connectivity index (χ3n) is 5.32. The van der Waals surface area contributed by atoms with Crippen molar-refractivity contribution in [3.63, 3.8) is 0 Å². The van der Waals surface area contributed by atoms with Crippen molar-refractivity contribution >= 4 is 46.1 Å². The number of amides is 2. The molecule has 2 amide bonds. The van der Waals surface area contributed by atoms with Gasteiger partial charge in [-0.25, -0.2) is 4.98 Å². The lowest BCUT2D eigenvalue weighted by Gasteiger charge is -2.29. The molecule has 4 aromatic rings. The van der Waals surface area contributed by atoms with Crippen LogP contribution < -0.4 is 19.7 Å². The van der Waals surface area contributed by atoms with Gasteiger partial charge in [0.25, 0.3) is 5.91 Å². The van der Waals surface area contributed by atoms with Crippen molar-refractivity contribution in [3.8, 4) is 33.5 Å². The number of pyridine rings is 1. The van der Waals surface area contributed by atoms with Gasteiger partial charge >= 0.3 is 0 Å². The van der Waals surface area contributed by atoms with E-state index in [1.807, 2.05) is 29.6 Å². The first-order valence-electron chi connectivity index (χ1n) is 10.6. The van der Waals surface area contributed by atoms with Gasteiger partial charge in [0.15, 0.2) is 6.61 Å². The summed E-state index contributed by atoms with van der Waals surface area (Å²) in [6, 6.07) is 16.0. The van der Waals surface area contributed by atoms with Gasteiger partial charge < -0.3 is 14.8 Å². The normalized spacial score (nSPS) is 12.6. The van der Waals surface area contributed by atoms with Crippen LogP contribution >= 0.6 is 22.9 Å². The van der Waals surface area contributed by atoms with Gasteiger partial charge in [-0.05, 0) is 48.5 Å². The average molecular weight is 507 g/mol. The molecule has 0 saturated heterocycles. The van der Waals surface area contributed by atoms with Crippen LogP contribution in [0.2, 0.25) is 5.02 Å². The van der Waals surface area contributed by atoms with E-state index in [-0.39, 0.29) is 19.1 Å². The Kier molecular flexibility index (Phi) is 6.35. The van der Waals surface area contributed by atoms with Crippen LogP contribution in [0.15, 0.2) is 66.2 Å². The fraction of sp³-hybridized carbons (Fsp3) is 0.120. The number of benzene rings is 2. The Morgan fingerprint density at radius 3 is 2.89 bits per heavy atom. The summed E-state index contributed by atoms with van der Waals surface area (Å²) in [7, 11) is 1.50. The number of carbonyl (C=O) groups excluding carboxylic acids is 2. The number of ether oxygens (including phenoxy) is 2. The zero-order valence-corrected chi connectivity index (χ0v) is 20.1. The first-order valence-corrected chi connectivity index (χ1v) is 11.9. The lowest BCUT2D eigenvalue weighted by Crippen LogP contribution is -2.43. The molecule has 1 aliphatic heterocycles. The maximum absolute atomic E-state index is 12.9. The first kappa shape index (κ1) is 22.8. The molecular weight excluding hydrogens is 488 g/mol. The molecule has 1 N–H and O–H groups in total. The van der Waals surface area contributed by atoms with E-state index in [1.165, 1.54) is 23.3 Å². The third kappa shape index (κ3) is 4.82. The van der Waals surface area contributed by atoms with E-state index in [1.54, 1.807) is 36.5 Å². The number of aromatic nitrogens is 2. The molecule has 176 valence electrons. The highest BCUT2D eigenvalue weighted by Crippen LogP contribution is 2.37. The van der Waals surface area contributed by atoms with Gasteiger partial charge in [0.1, 0.15) is 23.1 Å². The van der Waals surface area contributed by atoms with E-state index < -0.39 is 5.91 Å².